The van der Waals surface area contributed by atoms with E-state index in [9.17, 15) is 20.1 Å². The first-order valence-corrected chi connectivity index (χ1v) is 6.48. The van der Waals surface area contributed by atoms with Crippen LogP contribution in [-0.4, -0.2) is 57.7 Å². The van der Waals surface area contributed by atoms with Crippen LogP contribution in [-0.2, 0) is 4.79 Å². The summed E-state index contributed by atoms with van der Waals surface area (Å²) in [6.45, 7) is -0.740. The lowest BCUT2D eigenvalue weighted by Crippen LogP contribution is -2.49. The van der Waals surface area contributed by atoms with Gasteiger partial charge in [-0.05, 0) is 18.2 Å². The number of aldehydes is 1. The number of carbonyl (C=O) groups is 1. The second-order valence-corrected chi connectivity index (χ2v) is 4.98. The molecule has 0 aliphatic rings. The molecule has 0 aromatic heterocycles. The fraction of sp³-hybridized carbons (Fsp3) is 0.417. The molecule has 0 aliphatic carbocycles. The van der Waals surface area contributed by atoms with Gasteiger partial charge < -0.3 is 30.5 Å². The third kappa shape index (κ3) is 4.31. The van der Waals surface area contributed by atoms with Crippen molar-refractivity contribution >= 4 is 35.2 Å². The molecule has 0 saturated carbocycles. The van der Waals surface area contributed by atoms with E-state index in [2.05, 4.69) is 5.32 Å². The largest absolute Gasteiger partial charge is 0.394 e. The van der Waals surface area contributed by atoms with Crippen LogP contribution in [0.1, 0.15) is 0 Å². The normalized spacial score (nSPS) is 17.1. The van der Waals surface area contributed by atoms with Gasteiger partial charge in [-0.2, -0.15) is 0 Å². The average Bonchev–Trinajstić information content (AvgIpc) is 2.45. The summed E-state index contributed by atoms with van der Waals surface area (Å²) in [5, 5.41) is 40.5. The topological polar surface area (TPSA) is 110 Å². The first-order chi connectivity index (χ1) is 9.40. The third-order valence-corrected chi connectivity index (χ3v) is 3.44. The molecule has 0 heterocycles. The number of aliphatic hydroxyl groups excluding tert-OH is 4. The fourth-order valence-electron chi connectivity index (χ4n) is 1.53. The quantitative estimate of drug-likeness (QED) is 0.453. The van der Waals surface area contributed by atoms with Crippen LogP contribution >= 0.6 is 23.2 Å². The maximum Gasteiger partial charge on any atom is 0.144 e. The maximum atomic E-state index is 11.0. The van der Waals surface area contributed by atoms with Crippen LogP contribution < -0.4 is 5.32 Å². The zero-order chi connectivity index (χ0) is 15.3. The van der Waals surface area contributed by atoms with Crippen LogP contribution in [0.3, 0.4) is 0 Å². The van der Waals surface area contributed by atoms with Gasteiger partial charge in [-0.15, -0.1) is 0 Å². The maximum absolute atomic E-state index is 11.0. The summed E-state index contributed by atoms with van der Waals surface area (Å²) < 4.78 is 0. The molecule has 1 aromatic rings. The predicted octanol–water partition coefficient (Wildman–Crippen LogP) is 0.0478. The lowest BCUT2D eigenvalue weighted by molar-refractivity contribution is -0.117. The summed E-state index contributed by atoms with van der Waals surface area (Å²) in [6, 6.07) is 3.29. The van der Waals surface area contributed by atoms with Crippen molar-refractivity contribution in [2.24, 2.45) is 0 Å². The van der Waals surface area contributed by atoms with Crippen LogP contribution in [0.4, 0.5) is 5.69 Å². The van der Waals surface area contributed by atoms with Crippen LogP contribution in [0.5, 0.6) is 0 Å². The minimum Gasteiger partial charge on any atom is -0.394 e. The second kappa shape index (κ2) is 7.78. The Labute approximate surface area is 125 Å². The van der Waals surface area contributed by atoms with E-state index in [-0.39, 0.29) is 5.02 Å². The Morgan fingerprint density at radius 1 is 1.15 bits per heavy atom. The molecule has 0 radical (unpaired) electrons. The average molecular weight is 324 g/mol. The van der Waals surface area contributed by atoms with Crippen molar-refractivity contribution in [2.45, 2.75) is 24.4 Å². The number of nitrogens with one attached hydrogen (secondary N) is 1. The van der Waals surface area contributed by atoms with Gasteiger partial charge >= 0.3 is 0 Å². The van der Waals surface area contributed by atoms with E-state index in [0.717, 1.165) is 0 Å². The summed E-state index contributed by atoms with van der Waals surface area (Å²) in [5.41, 5.74) is 0.404. The van der Waals surface area contributed by atoms with E-state index in [4.69, 9.17) is 28.3 Å². The molecule has 4 unspecified atom stereocenters. The molecule has 4 atom stereocenters. The number of rotatable bonds is 7. The van der Waals surface area contributed by atoms with Gasteiger partial charge in [0.25, 0.3) is 0 Å². The Balaban J connectivity index is 2.80. The molecule has 20 heavy (non-hydrogen) atoms. The Kier molecular flexibility index (Phi) is 6.67. The van der Waals surface area contributed by atoms with E-state index < -0.39 is 31.0 Å². The van der Waals surface area contributed by atoms with Gasteiger partial charge in [-0.3, -0.25) is 0 Å². The predicted molar refractivity (Wildman–Crippen MR) is 75.0 cm³/mol. The minimum atomic E-state index is -1.68. The molecule has 0 bridgehead atoms. The summed E-state index contributed by atoms with van der Waals surface area (Å²) in [6.07, 6.45) is -4.46. The molecule has 112 valence electrons. The Hall–Kier alpha value is -0.890. The number of benzene rings is 1. The minimum absolute atomic E-state index is 0.256. The van der Waals surface area contributed by atoms with Gasteiger partial charge in [-0.1, -0.05) is 23.2 Å². The SMILES string of the molecule is O=CC(Nc1ccc(Cl)c(Cl)c1)C(O)C(O)C(O)CO. The highest BCUT2D eigenvalue weighted by Gasteiger charge is 2.31. The highest BCUT2D eigenvalue weighted by atomic mass is 35.5. The van der Waals surface area contributed by atoms with Crippen LogP contribution in [0.2, 0.25) is 10.0 Å². The lowest BCUT2D eigenvalue weighted by atomic mass is 10.0. The molecule has 1 aromatic carbocycles. The Morgan fingerprint density at radius 3 is 2.30 bits per heavy atom. The first-order valence-electron chi connectivity index (χ1n) is 5.72. The smallest absolute Gasteiger partial charge is 0.144 e. The van der Waals surface area contributed by atoms with Crippen molar-refractivity contribution in [1.82, 2.24) is 0 Å². The fourth-order valence-corrected chi connectivity index (χ4v) is 1.82. The molecule has 0 spiro atoms. The second-order valence-electron chi connectivity index (χ2n) is 4.17. The van der Waals surface area contributed by atoms with Gasteiger partial charge in [0.2, 0.25) is 0 Å². The number of hydrogen-bond acceptors (Lipinski definition) is 6. The van der Waals surface area contributed by atoms with Crippen molar-refractivity contribution in [3.05, 3.63) is 28.2 Å². The number of aliphatic hydroxyl groups is 4. The van der Waals surface area contributed by atoms with Gasteiger partial charge in [-0.25, -0.2) is 0 Å². The zero-order valence-electron chi connectivity index (χ0n) is 10.3. The van der Waals surface area contributed by atoms with Crippen molar-refractivity contribution in [1.29, 1.82) is 0 Å². The molecule has 1 rings (SSSR count). The Bertz CT molecular complexity index is 459. The van der Waals surface area contributed by atoms with E-state index in [1.807, 2.05) is 0 Å². The van der Waals surface area contributed by atoms with E-state index in [1.54, 1.807) is 0 Å². The highest BCUT2D eigenvalue weighted by Crippen LogP contribution is 2.25. The highest BCUT2D eigenvalue weighted by molar-refractivity contribution is 6.42. The van der Waals surface area contributed by atoms with Crippen LogP contribution in [0, 0.1) is 0 Å². The lowest BCUT2D eigenvalue weighted by Gasteiger charge is -2.26. The van der Waals surface area contributed by atoms with Gasteiger partial charge in [0.05, 0.1) is 16.7 Å². The zero-order valence-corrected chi connectivity index (χ0v) is 11.8. The van der Waals surface area contributed by atoms with Crippen molar-refractivity contribution in [3.63, 3.8) is 0 Å². The standard InChI is InChI=1S/C12H15Cl2NO5/c13-7-2-1-6(3-8(7)14)15-9(4-16)11(19)12(20)10(18)5-17/h1-4,9-12,15,17-20H,5H2. The molecule has 6 nitrogen and oxygen atoms in total. The van der Waals surface area contributed by atoms with E-state index >= 15 is 0 Å². The van der Waals surface area contributed by atoms with Crippen LogP contribution in [0.25, 0.3) is 0 Å². The molecular weight excluding hydrogens is 309 g/mol. The number of anilines is 1. The molecule has 0 saturated heterocycles. The number of halogens is 2. The number of hydrogen-bond donors (Lipinski definition) is 5. The summed E-state index contributed by atoms with van der Waals surface area (Å²) in [7, 11) is 0. The molecule has 0 aliphatic heterocycles. The first kappa shape index (κ1) is 17.2. The van der Waals surface area contributed by atoms with Crippen molar-refractivity contribution < 1.29 is 25.2 Å². The van der Waals surface area contributed by atoms with Crippen molar-refractivity contribution in [2.75, 3.05) is 11.9 Å². The molecular formula is C12H15Cl2NO5. The molecule has 8 heteroatoms. The van der Waals surface area contributed by atoms with Gasteiger partial charge in [0.1, 0.15) is 30.6 Å². The monoisotopic (exact) mass is 323 g/mol. The molecule has 0 amide bonds. The summed E-state index contributed by atoms with van der Waals surface area (Å²) in [4.78, 5) is 11.0. The van der Waals surface area contributed by atoms with Crippen LogP contribution in [0.15, 0.2) is 18.2 Å². The van der Waals surface area contributed by atoms with Gasteiger partial charge in [0.15, 0.2) is 0 Å². The molecule has 0 fully saturated rings. The third-order valence-electron chi connectivity index (χ3n) is 2.70. The number of carbonyl (C=O) groups excluding carboxylic acids is 1. The summed E-state index contributed by atoms with van der Waals surface area (Å²) >= 11 is 11.6. The summed E-state index contributed by atoms with van der Waals surface area (Å²) in [5.74, 6) is 0. The Morgan fingerprint density at radius 2 is 1.80 bits per heavy atom. The molecule has 5 N–H and O–H groups in total. The van der Waals surface area contributed by atoms with E-state index in [1.165, 1.54) is 18.2 Å². The van der Waals surface area contributed by atoms with Gasteiger partial charge in [0, 0.05) is 5.69 Å². The van der Waals surface area contributed by atoms with Crippen molar-refractivity contribution in [3.8, 4) is 0 Å². The van der Waals surface area contributed by atoms with E-state index in [0.29, 0.717) is 17.0 Å².